The average molecular weight is 312 g/mol. The van der Waals surface area contributed by atoms with Gasteiger partial charge >= 0.3 is 0 Å². The van der Waals surface area contributed by atoms with Crippen molar-refractivity contribution in [3.63, 3.8) is 0 Å². The first-order chi connectivity index (χ1) is 10.7. The molecule has 0 aromatic heterocycles. The van der Waals surface area contributed by atoms with Gasteiger partial charge in [0.05, 0.1) is 26.0 Å². The molecule has 5 heteroatoms. The number of aliphatic imine (C=N–C) groups is 1. The van der Waals surface area contributed by atoms with Crippen LogP contribution in [0, 0.1) is 0 Å². The summed E-state index contributed by atoms with van der Waals surface area (Å²) >= 11 is 5.22. The van der Waals surface area contributed by atoms with E-state index in [1.54, 1.807) is 14.2 Å². The maximum Gasteiger partial charge on any atom is 0.193 e. The molecule has 0 saturated carbocycles. The Morgan fingerprint density at radius 2 is 1.45 bits per heavy atom. The lowest BCUT2D eigenvalue weighted by atomic mass is 9.97. The average Bonchev–Trinajstić information content (AvgIpc) is 2.97. The van der Waals surface area contributed by atoms with Gasteiger partial charge in [-0.2, -0.15) is 0 Å². The van der Waals surface area contributed by atoms with Crippen molar-refractivity contribution in [2.45, 2.75) is 6.04 Å². The lowest BCUT2D eigenvalue weighted by molar-refractivity contribution is 0.414. The van der Waals surface area contributed by atoms with E-state index < -0.39 is 0 Å². The molecule has 0 spiro atoms. The van der Waals surface area contributed by atoms with Crippen molar-refractivity contribution in [1.29, 1.82) is 0 Å². The second kappa shape index (κ2) is 6.15. The molecular weight excluding hydrogens is 296 g/mol. The van der Waals surface area contributed by atoms with Gasteiger partial charge in [-0.3, -0.25) is 0 Å². The monoisotopic (exact) mass is 312 g/mol. The van der Waals surface area contributed by atoms with E-state index in [4.69, 9.17) is 21.7 Å². The fourth-order valence-electron chi connectivity index (χ4n) is 2.43. The molecule has 3 rings (SSSR count). The van der Waals surface area contributed by atoms with E-state index in [1.807, 2.05) is 48.5 Å². The Hall–Kier alpha value is -2.40. The van der Waals surface area contributed by atoms with Gasteiger partial charge in [-0.05, 0) is 59.7 Å². The van der Waals surface area contributed by atoms with Crippen molar-refractivity contribution in [3.05, 3.63) is 59.7 Å². The Morgan fingerprint density at radius 1 is 0.909 bits per heavy atom. The van der Waals surface area contributed by atoms with Gasteiger partial charge in [0, 0.05) is 0 Å². The summed E-state index contributed by atoms with van der Waals surface area (Å²) in [5, 5.41) is 3.75. The molecule has 0 fully saturated rings. The summed E-state index contributed by atoms with van der Waals surface area (Å²) in [4.78, 5) is 4.48. The zero-order valence-corrected chi connectivity index (χ0v) is 13.2. The van der Waals surface area contributed by atoms with Crippen molar-refractivity contribution >= 4 is 23.0 Å². The minimum absolute atomic E-state index is 0.0493. The third kappa shape index (κ3) is 2.80. The van der Waals surface area contributed by atoms with Crippen molar-refractivity contribution in [2.24, 2.45) is 4.99 Å². The molecule has 0 amide bonds. The molecule has 0 radical (unpaired) electrons. The Balaban J connectivity index is 1.93. The zero-order chi connectivity index (χ0) is 15.5. The van der Waals surface area contributed by atoms with E-state index in [9.17, 15) is 0 Å². The fraction of sp³-hybridized carbons (Fsp3) is 0.176. The number of hydrogen-bond acceptors (Lipinski definition) is 3. The lowest BCUT2D eigenvalue weighted by Crippen LogP contribution is -2.23. The highest BCUT2D eigenvalue weighted by Crippen LogP contribution is 2.26. The molecule has 1 atom stereocenters. The van der Waals surface area contributed by atoms with Crippen LogP contribution in [0.15, 0.2) is 53.5 Å². The number of rotatable bonds is 4. The van der Waals surface area contributed by atoms with Crippen LogP contribution in [0.5, 0.6) is 11.5 Å². The summed E-state index contributed by atoms with van der Waals surface area (Å²) in [5.41, 5.74) is 3.03. The molecule has 112 valence electrons. The number of benzene rings is 2. The normalized spacial score (nSPS) is 16.9. The second-order valence-corrected chi connectivity index (χ2v) is 5.27. The summed E-state index contributed by atoms with van der Waals surface area (Å²) in [6, 6.07) is 15.7. The molecule has 2 aromatic carbocycles. The second-order valence-electron chi connectivity index (χ2n) is 4.88. The van der Waals surface area contributed by atoms with E-state index in [0.717, 1.165) is 28.3 Å². The molecule has 1 aliphatic rings. The van der Waals surface area contributed by atoms with Gasteiger partial charge in [0.25, 0.3) is 0 Å². The Morgan fingerprint density at radius 3 is 2.00 bits per heavy atom. The van der Waals surface area contributed by atoms with E-state index in [-0.39, 0.29) is 6.04 Å². The SMILES string of the molecule is COc1ccc(C2=NC(=S)NC2c2ccc(OC)cc2)cc1. The van der Waals surface area contributed by atoms with E-state index in [0.29, 0.717) is 5.11 Å². The molecule has 1 aliphatic heterocycles. The summed E-state index contributed by atoms with van der Waals surface area (Å²) in [6.07, 6.45) is 0. The summed E-state index contributed by atoms with van der Waals surface area (Å²) < 4.78 is 10.4. The first-order valence-corrected chi connectivity index (χ1v) is 7.29. The predicted molar refractivity (Wildman–Crippen MR) is 91.0 cm³/mol. The van der Waals surface area contributed by atoms with E-state index >= 15 is 0 Å². The number of methoxy groups -OCH3 is 2. The van der Waals surface area contributed by atoms with Gasteiger partial charge in [-0.25, -0.2) is 4.99 Å². The van der Waals surface area contributed by atoms with Crippen molar-refractivity contribution < 1.29 is 9.47 Å². The molecule has 22 heavy (non-hydrogen) atoms. The van der Waals surface area contributed by atoms with Gasteiger partial charge in [-0.15, -0.1) is 0 Å². The van der Waals surface area contributed by atoms with Crippen molar-refractivity contribution in [1.82, 2.24) is 5.32 Å². The molecule has 1 unspecified atom stereocenters. The van der Waals surface area contributed by atoms with Crippen LogP contribution in [-0.2, 0) is 0 Å². The minimum Gasteiger partial charge on any atom is -0.497 e. The number of nitrogens with zero attached hydrogens (tertiary/aromatic N) is 1. The quantitative estimate of drug-likeness (QED) is 0.881. The highest BCUT2D eigenvalue weighted by molar-refractivity contribution is 7.80. The highest BCUT2D eigenvalue weighted by Gasteiger charge is 2.26. The lowest BCUT2D eigenvalue weighted by Gasteiger charge is -2.15. The van der Waals surface area contributed by atoms with Crippen LogP contribution in [0.4, 0.5) is 0 Å². The summed E-state index contributed by atoms with van der Waals surface area (Å²) in [6.45, 7) is 0. The summed E-state index contributed by atoms with van der Waals surface area (Å²) in [7, 11) is 3.31. The van der Waals surface area contributed by atoms with Crippen LogP contribution in [0.2, 0.25) is 0 Å². The third-order valence-electron chi connectivity index (χ3n) is 3.60. The number of nitrogens with one attached hydrogen (secondary N) is 1. The molecule has 0 saturated heterocycles. The van der Waals surface area contributed by atoms with Gasteiger partial charge < -0.3 is 14.8 Å². The largest absolute Gasteiger partial charge is 0.497 e. The predicted octanol–water partition coefficient (Wildman–Crippen LogP) is 3.12. The smallest absolute Gasteiger partial charge is 0.193 e. The number of ether oxygens (including phenoxy) is 2. The highest BCUT2D eigenvalue weighted by atomic mass is 32.1. The van der Waals surface area contributed by atoms with Gasteiger partial charge in [-0.1, -0.05) is 12.1 Å². The molecule has 0 aliphatic carbocycles. The van der Waals surface area contributed by atoms with Gasteiger partial charge in [0.1, 0.15) is 11.5 Å². The topological polar surface area (TPSA) is 42.8 Å². The Kier molecular flexibility index (Phi) is 4.06. The molecular formula is C17H16N2O2S. The van der Waals surface area contributed by atoms with Gasteiger partial charge in [0.15, 0.2) is 5.11 Å². The van der Waals surface area contributed by atoms with Crippen molar-refractivity contribution in [3.8, 4) is 11.5 Å². The Labute approximate surface area is 134 Å². The van der Waals surface area contributed by atoms with Crippen LogP contribution in [0.3, 0.4) is 0 Å². The number of thiocarbonyl (C=S) groups is 1. The minimum atomic E-state index is -0.0493. The molecule has 0 bridgehead atoms. The molecule has 1 N–H and O–H groups in total. The van der Waals surface area contributed by atoms with Gasteiger partial charge in [0.2, 0.25) is 0 Å². The molecule has 2 aromatic rings. The van der Waals surface area contributed by atoms with Crippen LogP contribution >= 0.6 is 12.2 Å². The zero-order valence-electron chi connectivity index (χ0n) is 12.4. The van der Waals surface area contributed by atoms with E-state index in [1.165, 1.54) is 0 Å². The first-order valence-electron chi connectivity index (χ1n) is 6.88. The fourth-order valence-corrected chi connectivity index (χ4v) is 2.64. The maximum absolute atomic E-state index is 5.22. The van der Waals surface area contributed by atoms with Crippen LogP contribution in [-0.4, -0.2) is 25.0 Å². The summed E-state index contributed by atoms with van der Waals surface area (Å²) in [5.74, 6) is 1.64. The standard InChI is InChI=1S/C17H16N2O2S/c1-20-13-7-3-11(4-8-13)15-16(19-17(22)18-15)12-5-9-14(21-2)10-6-12/h3-10,15H,1-2H3,(H,18,22). The van der Waals surface area contributed by atoms with E-state index in [2.05, 4.69) is 10.3 Å². The number of hydrogen-bond donors (Lipinski definition) is 1. The first kappa shape index (κ1) is 14.5. The Bertz CT molecular complexity index is 708. The molecule has 4 nitrogen and oxygen atoms in total. The van der Waals surface area contributed by atoms with Crippen LogP contribution < -0.4 is 14.8 Å². The van der Waals surface area contributed by atoms with Crippen LogP contribution in [0.1, 0.15) is 17.2 Å². The maximum atomic E-state index is 5.22. The van der Waals surface area contributed by atoms with Crippen molar-refractivity contribution in [2.75, 3.05) is 14.2 Å². The molecule has 1 heterocycles. The van der Waals surface area contributed by atoms with Crippen LogP contribution in [0.25, 0.3) is 0 Å². The third-order valence-corrected chi connectivity index (χ3v) is 3.81.